The third kappa shape index (κ3) is 3.07. The summed E-state index contributed by atoms with van der Waals surface area (Å²) in [6.07, 6.45) is 0. The third-order valence-electron chi connectivity index (χ3n) is 2.76. The van der Waals surface area contributed by atoms with Crippen LogP contribution in [-0.4, -0.2) is 18.8 Å². The highest BCUT2D eigenvalue weighted by molar-refractivity contribution is 6.12. The minimum Gasteiger partial charge on any atom is -0.484 e. The topological polar surface area (TPSA) is 38.7 Å². The molecule has 0 spiro atoms. The molecule has 0 aromatic heterocycles. The molecule has 0 heterocycles. The molecular formula is C16H15NO2. The number of para-hydroxylation sites is 1. The molecule has 0 amide bonds. The predicted octanol–water partition coefficient (Wildman–Crippen LogP) is 3.61. The van der Waals surface area contributed by atoms with Gasteiger partial charge in [-0.05, 0) is 12.1 Å². The van der Waals surface area contributed by atoms with Crippen LogP contribution in [0.2, 0.25) is 0 Å². The highest BCUT2D eigenvalue weighted by Crippen LogP contribution is 2.22. The molecule has 19 heavy (non-hydrogen) atoms. The van der Waals surface area contributed by atoms with E-state index in [4.69, 9.17) is 4.74 Å². The summed E-state index contributed by atoms with van der Waals surface area (Å²) < 4.78 is 5.03. The molecule has 0 N–H and O–H groups in total. The highest BCUT2D eigenvalue weighted by atomic mass is 16.5. The first-order chi connectivity index (χ1) is 9.22. The van der Waals surface area contributed by atoms with Crippen molar-refractivity contribution >= 4 is 17.4 Å². The fourth-order valence-corrected chi connectivity index (χ4v) is 1.72. The maximum absolute atomic E-state index is 12.4. The Hall–Kier alpha value is -2.42. The van der Waals surface area contributed by atoms with Crippen molar-refractivity contribution in [2.24, 2.45) is 4.99 Å². The fourth-order valence-electron chi connectivity index (χ4n) is 1.72. The lowest BCUT2D eigenvalue weighted by Gasteiger charge is -2.06. The van der Waals surface area contributed by atoms with Crippen LogP contribution < -0.4 is 0 Å². The Morgan fingerprint density at radius 3 is 2.32 bits per heavy atom. The number of ketones is 1. The van der Waals surface area contributed by atoms with Gasteiger partial charge < -0.3 is 4.74 Å². The summed E-state index contributed by atoms with van der Waals surface area (Å²) in [5.74, 6) is 0.483. The van der Waals surface area contributed by atoms with Gasteiger partial charge in [0.1, 0.15) is 0 Å². The first-order valence-electron chi connectivity index (χ1n) is 6.00. The Balaban J connectivity index is 2.43. The average Bonchev–Trinajstić information content (AvgIpc) is 2.48. The van der Waals surface area contributed by atoms with Crippen LogP contribution in [0.1, 0.15) is 22.8 Å². The number of nitrogens with zero attached hydrogens (tertiary/aromatic N) is 1. The van der Waals surface area contributed by atoms with E-state index < -0.39 is 0 Å². The molecule has 2 aromatic carbocycles. The molecule has 2 rings (SSSR count). The summed E-state index contributed by atoms with van der Waals surface area (Å²) in [6, 6.07) is 16.4. The molecule has 2 aromatic rings. The van der Waals surface area contributed by atoms with Crippen LogP contribution in [0.4, 0.5) is 5.69 Å². The highest BCUT2D eigenvalue weighted by Gasteiger charge is 2.12. The van der Waals surface area contributed by atoms with Crippen LogP contribution in [0.25, 0.3) is 0 Å². The van der Waals surface area contributed by atoms with E-state index in [1.54, 1.807) is 38.3 Å². The van der Waals surface area contributed by atoms with Gasteiger partial charge in [-0.25, -0.2) is 4.99 Å². The van der Waals surface area contributed by atoms with Gasteiger partial charge in [-0.15, -0.1) is 0 Å². The minimum absolute atomic E-state index is 0.0381. The Kier molecular flexibility index (Phi) is 4.08. The van der Waals surface area contributed by atoms with E-state index in [-0.39, 0.29) is 5.78 Å². The zero-order valence-electron chi connectivity index (χ0n) is 11.0. The first kappa shape index (κ1) is 13.0. The van der Waals surface area contributed by atoms with Crippen LogP contribution in [0, 0.1) is 0 Å². The predicted molar refractivity (Wildman–Crippen MR) is 76.1 cm³/mol. The van der Waals surface area contributed by atoms with Crippen molar-refractivity contribution in [1.29, 1.82) is 0 Å². The van der Waals surface area contributed by atoms with E-state index in [0.29, 0.717) is 22.7 Å². The van der Waals surface area contributed by atoms with Gasteiger partial charge in [0.25, 0.3) is 0 Å². The molecule has 0 atom stereocenters. The standard InChI is InChI=1S/C16H15NO2/c1-12(19-2)17-15-11-7-6-10-14(15)16(18)13-8-4-3-5-9-13/h3-11H,1-2H3. The second-order valence-corrected chi connectivity index (χ2v) is 4.05. The van der Waals surface area contributed by atoms with Gasteiger partial charge in [0.2, 0.25) is 0 Å². The molecule has 3 heteroatoms. The van der Waals surface area contributed by atoms with Crippen LogP contribution >= 0.6 is 0 Å². The van der Waals surface area contributed by atoms with E-state index in [0.717, 1.165) is 0 Å². The SMILES string of the molecule is COC(C)=Nc1ccccc1C(=O)c1ccccc1. The second kappa shape index (κ2) is 5.96. The Morgan fingerprint density at radius 1 is 1.00 bits per heavy atom. The lowest BCUT2D eigenvalue weighted by molar-refractivity contribution is 0.103. The van der Waals surface area contributed by atoms with E-state index in [2.05, 4.69) is 4.99 Å². The lowest BCUT2D eigenvalue weighted by Crippen LogP contribution is -2.02. The number of ether oxygens (including phenoxy) is 1. The number of methoxy groups -OCH3 is 1. The zero-order valence-corrected chi connectivity index (χ0v) is 11.0. The van der Waals surface area contributed by atoms with E-state index in [1.807, 2.05) is 30.3 Å². The normalized spacial score (nSPS) is 11.2. The first-order valence-corrected chi connectivity index (χ1v) is 6.00. The molecule has 0 aliphatic heterocycles. The van der Waals surface area contributed by atoms with Crippen LogP contribution in [-0.2, 0) is 4.74 Å². The van der Waals surface area contributed by atoms with Crippen molar-refractivity contribution in [3.63, 3.8) is 0 Å². The molecule has 0 fully saturated rings. The zero-order chi connectivity index (χ0) is 13.7. The number of benzene rings is 2. The Morgan fingerprint density at radius 2 is 1.63 bits per heavy atom. The minimum atomic E-state index is -0.0381. The van der Waals surface area contributed by atoms with Crippen molar-refractivity contribution in [3.8, 4) is 0 Å². The van der Waals surface area contributed by atoms with Gasteiger partial charge in [0.15, 0.2) is 11.7 Å². The summed E-state index contributed by atoms with van der Waals surface area (Å²) in [4.78, 5) is 16.7. The molecule has 0 bridgehead atoms. The number of carbonyl (C=O) groups is 1. The number of rotatable bonds is 3. The molecule has 0 aliphatic rings. The van der Waals surface area contributed by atoms with Gasteiger partial charge in [0.05, 0.1) is 12.8 Å². The maximum atomic E-state index is 12.4. The van der Waals surface area contributed by atoms with E-state index in [9.17, 15) is 4.79 Å². The molecule has 96 valence electrons. The average molecular weight is 253 g/mol. The third-order valence-corrected chi connectivity index (χ3v) is 2.76. The summed E-state index contributed by atoms with van der Waals surface area (Å²) in [5, 5.41) is 0. The number of carbonyl (C=O) groups excluding carboxylic acids is 1. The number of hydrogen-bond donors (Lipinski definition) is 0. The summed E-state index contributed by atoms with van der Waals surface area (Å²) >= 11 is 0. The van der Waals surface area contributed by atoms with E-state index >= 15 is 0 Å². The number of hydrogen-bond acceptors (Lipinski definition) is 3. The van der Waals surface area contributed by atoms with Crippen LogP contribution in [0.15, 0.2) is 59.6 Å². The van der Waals surface area contributed by atoms with Gasteiger partial charge in [0, 0.05) is 18.1 Å². The van der Waals surface area contributed by atoms with E-state index in [1.165, 1.54) is 0 Å². The lowest BCUT2D eigenvalue weighted by atomic mass is 10.0. The van der Waals surface area contributed by atoms with Crippen molar-refractivity contribution in [3.05, 3.63) is 65.7 Å². The van der Waals surface area contributed by atoms with Crippen molar-refractivity contribution in [1.82, 2.24) is 0 Å². The van der Waals surface area contributed by atoms with Crippen molar-refractivity contribution < 1.29 is 9.53 Å². The molecule has 3 nitrogen and oxygen atoms in total. The molecule has 0 aliphatic carbocycles. The van der Waals surface area contributed by atoms with Crippen LogP contribution in [0.5, 0.6) is 0 Å². The van der Waals surface area contributed by atoms with Gasteiger partial charge in [-0.2, -0.15) is 0 Å². The van der Waals surface area contributed by atoms with Gasteiger partial charge >= 0.3 is 0 Å². The van der Waals surface area contributed by atoms with Gasteiger partial charge in [-0.3, -0.25) is 4.79 Å². The number of aliphatic imine (C=N–C) groups is 1. The molecular weight excluding hydrogens is 238 g/mol. The van der Waals surface area contributed by atoms with Gasteiger partial charge in [-0.1, -0.05) is 42.5 Å². The quantitative estimate of drug-likeness (QED) is 0.476. The fraction of sp³-hybridized carbons (Fsp3) is 0.125. The Labute approximate surface area is 112 Å². The summed E-state index contributed by atoms with van der Waals surface area (Å²) in [6.45, 7) is 1.75. The Bertz CT molecular complexity index is 603. The van der Waals surface area contributed by atoms with Crippen molar-refractivity contribution in [2.45, 2.75) is 6.92 Å². The summed E-state index contributed by atoms with van der Waals surface area (Å²) in [5.41, 5.74) is 1.85. The molecule has 0 unspecified atom stereocenters. The summed E-state index contributed by atoms with van der Waals surface area (Å²) in [7, 11) is 1.56. The molecule has 0 saturated carbocycles. The van der Waals surface area contributed by atoms with Crippen molar-refractivity contribution in [2.75, 3.05) is 7.11 Å². The molecule has 0 radical (unpaired) electrons. The maximum Gasteiger partial charge on any atom is 0.195 e. The van der Waals surface area contributed by atoms with Crippen LogP contribution in [0.3, 0.4) is 0 Å². The monoisotopic (exact) mass is 253 g/mol. The largest absolute Gasteiger partial charge is 0.484 e. The molecule has 0 saturated heterocycles. The smallest absolute Gasteiger partial charge is 0.195 e. The second-order valence-electron chi connectivity index (χ2n) is 4.05.